The van der Waals surface area contributed by atoms with E-state index in [-0.39, 0.29) is 16.1 Å². The van der Waals surface area contributed by atoms with Crippen LogP contribution >= 0.6 is 24.0 Å². The molecule has 1 N–H and O–H groups in total. The summed E-state index contributed by atoms with van der Waals surface area (Å²) in [5.41, 5.74) is 4.84. The third-order valence-electron chi connectivity index (χ3n) is 3.77. The quantitative estimate of drug-likeness (QED) is 0.645. The molecule has 2 aromatic rings. The van der Waals surface area contributed by atoms with Crippen LogP contribution in [0.3, 0.4) is 0 Å². The van der Waals surface area contributed by atoms with Crippen LogP contribution in [0, 0.1) is 6.92 Å². The minimum absolute atomic E-state index is 0.282. The van der Waals surface area contributed by atoms with Gasteiger partial charge in [0.25, 0.3) is 11.8 Å². The van der Waals surface area contributed by atoms with Gasteiger partial charge in [0.2, 0.25) is 0 Å². The Morgan fingerprint density at radius 2 is 1.96 bits per heavy atom. The number of hydrazine groups is 1. The number of benzene rings is 2. The minimum Gasteiger partial charge on any atom is -0.496 e. The molecule has 0 atom stereocenters. The molecule has 26 heavy (non-hydrogen) atoms. The number of amides is 2. The van der Waals surface area contributed by atoms with Crippen LogP contribution in [0.5, 0.6) is 5.75 Å². The lowest BCUT2D eigenvalue weighted by Crippen LogP contribution is -2.44. The predicted molar refractivity (Wildman–Crippen MR) is 107 cm³/mol. The Kier molecular flexibility index (Phi) is 5.39. The van der Waals surface area contributed by atoms with E-state index in [1.54, 1.807) is 37.5 Å². The summed E-state index contributed by atoms with van der Waals surface area (Å²) in [7, 11) is 1.60. The zero-order valence-electron chi connectivity index (χ0n) is 14.2. The van der Waals surface area contributed by atoms with E-state index in [4.69, 9.17) is 17.0 Å². The Balaban J connectivity index is 1.79. The van der Waals surface area contributed by atoms with Crippen LogP contribution in [-0.4, -0.2) is 28.3 Å². The summed E-state index contributed by atoms with van der Waals surface area (Å²) in [6.07, 6.45) is 1.73. The predicted octanol–water partition coefficient (Wildman–Crippen LogP) is 3.55. The maximum absolute atomic E-state index is 12.6. The van der Waals surface area contributed by atoms with Gasteiger partial charge in [-0.25, -0.2) is 0 Å². The number of ether oxygens (including phenoxy) is 1. The van der Waals surface area contributed by atoms with Gasteiger partial charge >= 0.3 is 0 Å². The van der Waals surface area contributed by atoms with Crippen molar-refractivity contribution in [3.63, 3.8) is 0 Å². The van der Waals surface area contributed by atoms with Crippen LogP contribution < -0.4 is 10.2 Å². The van der Waals surface area contributed by atoms with Crippen molar-refractivity contribution in [3.05, 3.63) is 70.1 Å². The van der Waals surface area contributed by atoms with Gasteiger partial charge in [0.1, 0.15) is 5.75 Å². The SMILES string of the molecule is COc1cc(/C=C2/SC(=S)N(NC(=O)c3ccccc3)C2=O)ccc1C. The summed E-state index contributed by atoms with van der Waals surface area (Å²) >= 11 is 6.38. The Hall–Kier alpha value is -2.64. The van der Waals surface area contributed by atoms with Crippen LogP contribution in [0.1, 0.15) is 21.5 Å². The number of nitrogens with zero attached hydrogens (tertiary/aromatic N) is 1. The van der Waals surface area contributed by atoms with Crippen molar-refractivity contribution in [2.75, 3.05) is 7.11 Å². The lowest BCUT2D eigenvalue weighted by molar-refractivity contribution is -0.123. The molecule has 2 aromatic carbocycles. The number of methoxy groups -OCH3 is 1. The lowest BCUT2D eigenvalue weighted by Gasteiger charge is -2.15. The van der Waals surface area contributed by atoms with Crippen molar-refractivity contribution in [1.29, 1.82) is 0 Å². The molecule has 0 saturated carbocycles. The van der Waals surface area contributed by atoms with Crippen LogP contribution in [0.25, 0.3) is 6.08 Å². The van der Waals surface area contributed by atoms with E-state index in [1.165, 1.54) is 0 Å². The van der Waals surface area contributed by atoms with Crippen molar-refractivity contribution in [1.82, 2.24) is 10.4 Å². The van der Waals surface area contributed by atoms with Gasteiger partial charge in [0, 0.05) is 5.56 Å². The molecule has 0 radical (unpaired) electrons. The number of carbonyl (C=O) groups is 2. The molecule has 1 aliphatic rings. The summed E-state index contributed by atoms with van der Waals surface area (Å²) in [6, 6.07) is 14.3. The molecule has 3 rings (SSSR count). The molecule has 0 spiro atoms. The van der Waals surface area contributed by atoms with Crippen molar-refractivity contribution >= 4 is 46.2 Å². The van der Waals surface area contributed by atoms with Gasteiger partial charge in [-0.15, -0.1) is 0 Å². The van der Waals surface area contributed by atoms with Gasteiger partial charge in [-0.3, -0.25) is 15.0 Å². The van der Waals surface area contributed by atoms with Gasteiger partial charge in [-0.1, -0.05) is 42.1 Å². The molecule has 0 aliphatic carbocycles. The van der Waals surface area contributed by atoms with E-state index in [9.17, 15) is 9.59 Å². The summed E-state index contributed by atoms with van der Waals surface area (Å²) in [5, 5.41) is 1.10. The zero-order chi connectivity index (χ0) is 18.7. The first-order valence-electron chi connectivity index (χ1n) is 7.78. The number of nitrogens with one attached hydrogen (secondary N) is 1. The maximum atomic E-state index is 12.6. The average Bonchev–Trinajstić information content (AvgIpc) is 2.91. The number of thioether (sulfide) groups is 1. The minimum atomic E-state index is -0.389. The van der Waals surface area contributed by atoms with Gasteiger partial charge in [-0.05, 0) is 54.5 Å². The fourth-order valence-corrected chi connectivity index (χ4v) is 3.58. The molecule has 5 nitrogen and oxygen atoms in total. The average molecular weight is 384 g/mol. The Bertz CT molecular complexity index is 910. The largest absolute Gasteiger partial charge is 0.496 e. The second-order valence-electron chi connectivity index (χ2n) is 5.55. The summed E-state index contributed by atoms with van der Waals surface area (Å²) in [4.78, 5) is 25.3. The molecule has 7 heteroatoms. The first kappa shape index (κ1) is 18.2. The van der Waals surface area contributed by atoms with Gasteiger partial charge < -0.3 is 4.74 Å². The number of thiocarbonyl (C=S) groups is 1. The molecule has 132 valence electrons. The Morgan fingerprint density at radius 3 is 2.65 bits per heavy atom. The molecule has 2 amide bonds. The topological polar surface area (TPSA) is 58.6 Å². The highest BCUT2D eigenvalue weighted by atomic mass is 32.2. The number of carbonyl (C=O) groups excluding carboxylic acids is 2. The number of rotatable bonds is 4. The number of hydrogen-bond acceptors (Lipinski definition) is 5. The standard InChI is InChI=1S/C19H16N2O3S2/c1-12-8-9-13(10-15(12)24-2)11-16-18(23)21(19(25)26-16)20-17(22)14-6-4-3-5-7-14/h3-11H,1-2H3,(H,20,22)/b16-11+. The summed E-state index contributed by atoms with van der Waals surface area (Å²) in [6.45, 7) is 1.95. The van der Waals surface area contributed by atoms with E-state index in [2.05, 4.69) is 5.43 Å². The number of hydrogen-bond donors (Lipinski definition) is 1. The Morgan fingerprint density at radius 1 is 1.23 bits per heavy atom. The van der Waals surface area contributed by atoms with Gasteiger partial charge in [-0.2, -0.15) is 5.01 Å². The normalized spacial score (nSPS) is 15.5. The van der Waals surface area contributed by atoms with E-state index < -0.39 is 0 Å². The van der Waals surface area contributed by atoms with E-state index in [0.717, 1.165) is 33.6 Å². The van der Waals surface area contributed by atoms with Crippen molar-refractivity contribution in [3.8, 4) is 5.75 Å². The van der Waals surface area contributed by atoms with Crippen molar-refractivity contribution in [2.24, 2.45) is 0 Å². The Labute approximate surface area is 161 Å². The molecular weight excluding hydrogens is 368 g/mol. The van der Waals surface area contributed by atoms with E-state index in [0.29, 0.717) is 10.5 Å². The molecule has 1 aliphatic heterocycles. The third-order valence-corrected chi connectivity index (χ3v) is 5.08. The van der Waals surface area contributed by atoms with Crippen LogP contribution in [0.15, 0.2) is 53.4 Å². The first-order chi connectivity index (χ1) is 12.5. The second kappa shape index (κ2) is 7.72. The van der Waals surface area contributed by atoms with Gasteiger partial charge in [0.05, 0.1) is 12.0 Å². The fraction of sp³-hybridized carbons (Fsp3) is 0.105. The van der Waals surface area contributed by atoms with Gasteiger partial charge in [0.15, 0.2) is 4.32 Å². The molecular formula is C19H16N2O3S2. The van der Waals surface area contributed by atoms with Crippen molar-refractivity contribution < 1.29 is 14.3 Å². The molecule has 0 aromatic heterocycles. The second-order valence-corrected chi connectivity index (χ2v) is 7.23. The zero-order valence-corrected chi connectivity index (χ0v) is 15.8. The number of aryl methyl sites for hydroxylation is 1. The van der Waals surface area contributed by atoms with Crippen molar-refractivity contribution in [2.45, 2.75) is 6.92 Å². The highest BCUT2D eigenvalue weighted by Crippen LogP contribution is 2.32. The molecule has 0 bridgehead atoms. The maximum Gasteiger partial charge on any atom is 0.285 e. The first-order valence-corrected chi connectivity index (χ1v) is 9.00. The highest BCUT2D eigenvalue weighted by Gasteiger charge is 2.33. The van der Waals surface area contributed by atoms with E-state index >= 15 is 0 Å². The smallest absolute Gasteiger partial charge is 0.285 e. The lowest BCUT2D eigenvalue weighted by atomic mass is 10.1. The monoisotopic (exact) mass is 384 g/mol. The summed E-state index contributed by atoms with van der Waals surface area (Å²) in [5.74, 6) is -0.00409. The van der Waals surface area contributed by atoms with Crippen LogP contribution in [0.4, 0.5) is 0 Å². The fourth-order valence-electron chi connectivity index (χ4n) is 2.40. The van der Waals surface area contributed by atoms with E-state index in [1.807, 2.05) is 31.2 Å². The summed E-state index contributed by atoms with van der Waals surface area (Å²) < 4.78 is 5.59. The molecule has 1 fully saturated rings. The van der Waals surface area contributed by atoms with Crippen LogP contribution in [-0.2, 0) is 4.79 Å². The molecule has 1 saturated heterocycles. The third kappa shape index (κ3) is 3.79. The highest BCUT2D eigenvalue weighted by molar-refractivity contribution is 8.26. The van der Waals surface area contributed by atoms with Crippen LogP contribution in [0.2, 0.25) is 0 Å². The molecule has 0 unspecified atom stereocenters. The molecule has 1 heterocycles.